The standard InChI is InChI=1S/C24H27NO2S/c1-17(2)28-20-12-10-18(11-13-20)16-24(27)25-15-14-23(26)22-9-5-7-19-6-3-4-8-21(19)22/h3-13,17,23,26H,14-16H2,1-2H3,(H,25,27). The van der Waals surface area contributed by atoms with Crippen LogP contribution >= 0.6 is 11.8 Å². The molecule has 0 bridgehead atoms. The summed E-state index contributed by atoms with van der Waals surface area (Å²) >= 11 is 1.81. The molecule has 2 N–H and O–H groups in total. The number of fused-ring (bicyclic) bond motifs is 1. The number of aliphatic hydroxyl groups excluding tert-OH is 1. The Hall–Kier alpha value is -2.30. The second-order valence-corrected chi connectivity index (χ2v) is 8.86. The number of rotatable bonds is 8. The SMILES string of the molecule is CC(C)Sc1ccc(CC(=O)NCCC(O)c2cccc3ccccc23)cc1. The lowest BCUT2D eigenvalue weighted by molar-refractivity contribution is -0.120. The van der Waals surface area contributed by atoms with E-state index in [-0.39, 0.29) is 5.91 Å². The fraction of sp³-hybridized carbons (Fsp3) is 0.292. The molecule has 1 atom stereocenters. The molecule has 1 amide bonds. The highest BCUT2D eigenvalue weighted by atomic mass is 32.2. The Morgan fingerprint density at radius 3 is 2.46 bits per heavy atom. The first kappa shape index (κ1) is 20.4. The molecule has 3 rings (SSSR count). The predicted molar refractivity (Wildman–Crippen MR) is 118 cm³/mol. The first-order valence-electron chi connectivity index (χ1n) is 9.71. The van der Waals surface area contributed by atoms with Gasteiger partial charge in [0.2, 0.25) is 5.91 Å². The minimum absolute atomic E-state index is 0.0191. The van der Waals surface area contributed by atoms with Gasteiger partial charge in [0.15, 0.2) is 0 Å². The Morgan fingerprint density at radius 1 is 1.00 bits per heavy atom. The van der Waals surface area contributed by atoms with E-state index in [1.54, 1.807) is 0 Å². The van der Waals surface area contributed by atoms with Gasteiger partial charge in [-0.15, -0.1) is 11.8 Å². The molecule has 146 valence electrons. The molecule has 3 aromatic carbocycles. The highest BCUT2D eigenvalue weighted by Gasteiger charge is 2.12. The third kappa shape index (κ3) is 5.60. The fourth-order valence-electron chi connectivity index (χ4n) is 3.25. The van der Waals surface area contributed by atoms with Crippen LogP contribution in [-0.2, 0) is 11.2 Å². The van der Waals surface area contributed by atoms with Gasteiger partial charge in [-0.25, -0.2) is 0 Å². The number of hydrogen-bond acceptors (Lipinski definition) is 3. The Balaban J connectivity index is 1.49. The summed E-state index contributed by atoms with van der Waals surface area (Å²) in [6, 6.07) is 22.1. The maximum Gasteiger partial charge on any atom is 0.224 e. The summed E-state index contributed by atoms with van der Waals surface area (Å²) in [6.07, 6.45) is 0.250. The van der Waals surface area contributed by atoms with E-state index in [1.807, 2.05) is 66.4 Å². The zero-order chi connectivity index (χ0) is 19.9. The number of aliphatic hydroxyl groups is 1. The lowest BCUT2D eigenvalue weighted by Gasteiger charge is -2.14. The number of thioether (sulfide) groups is 1. The molecule has 0 aliphatic carbocycles. The molecule has 0 saturated heterocycles. The summed E-state index contributed by atoms with van der Waals surface area (Å²) in [5.74, 6) is -0.0191. The molecule has 0 aliphatic heterocycles. The van der Waals surface area contributed by atoms with Gasteiger partial charge in [0, 0.05) is 16.7 Å². The Kier molecular flexibility index (Phi) is 7.12. The number of nitrogens with one attached hydrogen (secondary N) is 1. The van der Waals surface area contributed by atoms with E-state index in [9.17, 15) is 9.90 Å². The molecule has 0 aliphatic rings. The maximum absolute atomic E-state index is 12.2. The van der Waals surface area contributed by atoms with Crippen LogP contribution in [-0.4, -0.2) is 22.8 Å². The molecular formula is C24H27NO2S. The van der Waals surface area contributed by atoms with E-state index >= 15 is 0 Å². The summed E-state index contributed by atoms with van der Waals surface area (Å²) in [6.45, 7) is 4.78. The van der Waals surface area contributed by atoms with Gasteiger partial charge in [-0.1, -0.05) is 68.4 Å². The lowest BCUT2D eigenvalue weighted by Crippen LogP contribution is -2.27. The normalized spacial score (nSPS) is 12.3. The van der Waals surface area contributed by atoms with E-state index in [0.717, 1.165) is 21.9 Å². The molecule has 3 nitrogen and oxygen atoms in total. The maximum atomic E-state index is 12.2. The van der Waals surface area contributed by atoms with Gasteiger partial charge in [-0.2, -0.15) is 0 Å². The minimum Gasteiger partial charge on any atom is -0.388 e. The van der Waals surface area contributed by atoms with Gasteiger partial charge in [0.05, 0.1) is 12.5 Å². The average molecular weight is 394 g/mol. The van der Waals surface area contributed by atoms with Crippen molar-refractivity contribution in [2.75, 3.05) is 6.54 Å². The molecule has 0 spiro atoms. The molecule has 0 fully saturated rings. The van der Waals surface area contributed by atoms with Gasteiger partial charge >= 0.3 is 0 Å². The van der Waals surface area contributed by atoms with Crippen LogP contribution in [0, 0.1) is 0 Å². The summed E-state index contributed by atoms with van der Waals surface area (Å²) in [7, 11) is 0. The van der Waals surface area contributed by atoms with Crippen LogP contribution in [0.25, 0.3) is 10.8 Å². The Bertz CT molecular complexity index is 916. The number of carbonyl (C=O) groups excluding carboxylic acids is 1. The molecule has 28 heavy (non-hydrogen) atoms. The molecule has 0 aromatic heterocycles. The summed E-state index contributed by atoms with van der Waals surface area (Å²) in [5.41, 5.74) is 1.91. The van der Waals surface area contributed by atoms with Crippen LogP contribution in [0.2, 0.25) is 0 Å². The number of amides is 1. The van der Waals surface area contributed by atoms with Crippen molar-refractivity contribution in [1.82, 2.24) is 5.32 Å². The van der Waals surface area contributed by atoms with Crippen molar-refractivity contribution in [2.45, 2.75) is 42.9 Å². The third-order valence-electron chi connectivity index (χ3n) is 4.58. The fourth-order valence-corrected chi connectivity index (χ4v) is 4.09. The Labute approximate surface area is 171 Å². The molecular weight excluding hydrogens is 366 g/mol. The monoisotopic (exact) mass is 393 g/mol. The van der Waals surface area contributed by atoms with Crippen LogP contribution in [0.5, 0.6) is 0 Å². The topological polar surface area (TPSA) is 49.3 Å². The molecule has 1 unspecified atom stereocenters. The van der Waals surface area contributed by atoms with Gasteiger partial charge in [0.1, 0.15) is 0 Å². The van der Waals surface area contributed by atoms with Crippen molar-refractivity contribution in [3.05, 3.63) is 77.9 Å². The minimum atomic E-state index is -0.598. The van der Waals surface area contributed by atoms with Crippen molar-refractivity contribution in [3.8, 4) is 0 Å². The van der Waals surface area contributed by atoms with Crippen LogP contribution in [0.3, 0.4) is 0 Å². The van der Waals surface area contributed by atoms with Crippen molar-refractivity contribution < 1.29 is 9.90 Å². The van der Waals surface area contributed by atoms with Crippen molar-refractivity contribution >= 4 is 28.4 Å². The Morgan fingerprint density at radius 2 is 1.71 bits per heavy atom. The first-order chi connectivity index (χ1) is 13.5. The van der Waals surface area contributed by atoms with Crippen LogP contribution in [0.1, 0.15) is 37.5 Å². The van der Waals surface area contributed by atoms with Crippen LogP contribution < -0.4 is 5.32 Å². The zero-order valence-corrected chi connectivity index (χ0v) is 17.2. The quantitative estimate of drug-likeness (QED) is 0.522. The van der Waals surface area contributed by atoms with E-state index < -0.39 is 6.10 Å². The van der Waals surface area contributed by atoms with Crippen molar-refractivity contribution in [1.29, 1.82) is 0 Å². The van der Waals surface area contributed by atoms with Gasteiger partial charge < -0.3 is 10.4 Å². The second kappa shape index (κ2) is 9.76. The van der Waals surface area contributed by atoms with Crippen LogP contribution in [0.15, 0.2) is 71.6 Å². The van der Waals surface area contributed by atoms with Gasteiger partial charge in [0.25, 0.3) is 0 Å². The van der Waals surface area contributed by atoms with E-state index in [1.165, 1.54) is 4.90 Å². The van der Waals surface area contributed by atoms with Crippen molar-refractivity contribution in [3.63, 3.8) is 0 Å². The van der Waals surface area contributed by atoms with Crippen molar-refractivity contribution in [2.24, 2.45) is 0 Å². The average Bonchev–Trinajstić information content (AvgIpc) is 2.68. The highest BCUT2D eigenvalue weighted by Crippen LogP contribution is 2.26. The summed E-state index contributed by atoms with van der Waals surface area (Å²) in [5, 5.41) is 16.2. The van der Waals surface area contributed by atoms with E-state index in [2.05, 4.69) is 31.3 Å². The second-order valence-electron chi connectivity index (χ2n) is 7.21. The molecule has 0 radical (unpaired) electrons. The molecule has 3 aromatic rings. The number of benzene rings is 3. The smallest absolute Gasteiger partial charge is 0.224 e. The molecule has 0 saturated carbocycles. The van der Waals surface area contributed by atoms with E-state index in [4.69, 9.17) is 0 Å². The predicted octanol–water partition coefficient (Wildman–Crippen LogP) is 5.12. The number of hydrogen-bond donors (Lipinski definition) is 2. The summed E-state index contributed by atoms with van der Waals surface area (Å²) < 4.78 is 0. The molecule has 0 heterocycles. The first-order valence-corrected chi connectivity index (χ1v) is 10.6. The highest BCUT2D eigenvalue weighted by molar-refractivity contribution is 7.99. The lowest BCUT2D eigenvalue weighted by atomic mass is 9.99. The van der Waals surface area contributed by atoms with Gasteiger partial charge in [-0.3, -0.25) is 4.79 Å². The summed E-state index contributed by atoms with van der Waals surface area (Å²) in [4.78, 5) is 13.4. The number of carbonyl (C=O) groups is 1. The van der Waals surface area contributed by atoms with Gasteiger partial charge in [-0.05, 0) is 40.5 Å². The largest absolute Gasteiger partial charge is 0.388 e. The van der Waals surface area contributed by atoms with Crippen LogP contribution in [0.4, 0.5) is 0 Å². The zero-order valence-electron chi connectivity index (χ0n) is 16.4. The molecule has 4 heteroatoms. The van der Waals surface area contributed by atoms with E-state index in [0.29, 0.717) is 24.6 Å². The third-order valence-corrected chi connectivity index (χ3v) is 5.60.